The Morgan fingerprint density at radius 3 is 2.50 bits per heavy atom. The molecule has 178 valence electrons. The van der Waals surface area contributed by atoms with Crippen LogP contribution in [0, 0.1) is 5.41 Å². The summed E-state index contributed by atoms with van der Waals surface area (Å²) < 4.78 is 5.93. The molecular formula is C28H34N4O2. The molecule has 3 heterocycles. The van der Waals surface area contributed by atoms with E-state index in [9.17, 15) is 5.11 Å². The van der Waals surface area contributed by atoms with Crippen LogP contribution in [0.2, 0.25) is 0 Å². The number of hydrogen-bond acceptors (Lipinski definition) is 5. The lowest BCUT2D eigenvalue weighted by molar-refractivity contribution is -0.127. The van der Waals surface area contributed by atoms with Gasteiger partial charge in [-0.25, -0.2) is 0 Å². The van der Waals surface area contributed by atoms with E-state index in [-0.39, 0.29) is 5.41 Å². The molecule has 0 spiro atoms. The number of benzene rings is 1. The summed E-state index contributed by atoms with van der Waals surface area (Å²) in [6.07, 6.45) is 10.1. The summed E-state index contributed by atoms with van der Waals surface area (Å²) >= 11 is 0. The maximum absolute atomic E-state index is 12.4. The molecule has 1 aromatic carbocycles. The topological polar surface area (TPSA) is 74.3 Å². The Kier molecular flexibility index (Phi) is 5.36. The number of hydrogen-bond donors (Lipinski definition) is 2. The Balaban J connectivity index is 1.32. The fourth-order valence-electron chi connectivity index (χ4n) is 5.76. The van der Waals surface area contributed by atoms with Crippen molar-refractivity contribution in [3.05, 3.63) is 71.2 Å². The molecule has 0 radical (unpaired) electrons. The SMILES string of the molecule is CN1CC(C)([C@](O)(c2ccc(C3CC3)cc2)c2cncc(-c3cc(COC4CCC4)[nH]n3)c2)C1. The first-order valence-corrected chi connectivity index (χ1v) is 12.6. The normalized spacial score (nSPS) is 22.1. The first kappa shape index (κ1) is 22.0. The average molecular weight is 459 g/mol. The molecule has 2 saturated carbocycles. The van der Waals surface area contributed by atoms with Gasteiger partial charge in [0.05, 0.1) is 24.1 Å². The highest BCUT2D eigenvalue weighted by atomic mass is 16.5. The highest BCUT2D eigenvalue weighted by molar-refractivity contribution is 5.60. The summed E-state index contributed by atoms with van der Waals surface area (Å²) in [5.41, 5.74) is 4.36. The van der Waals surface area contributed by atoms with Gasteiger partial charge in [-0.2, -0.15) is 5.10 Å². The molecule has 6 nitrogen and oxygen atoms in total. The van der Waals surface area contributed by atoms with Crippen LogP contribution in [-0.4, -0.2) is 51.4 Å². The molecule has 1 saturated heterocycles. The number of nitrogens with zero attached hydrogens (tertiary/aromatic N) is 3. The number of pyridine rings is 1. The van der Waals surface area contributed by atoms with E-state index in [0.29, 0.717) is 18.6 Å². The van der Waals surface area contributed by atoms with Crippen LogP contribution in [0.15, 0.2) is 48.8 Å². The van der Waals surface area contributed by atoms with Crippen molar-refractivity contribution < 1.29 is 9.84 Å². The van der Waals surface area contributed by atoms with Crippen molar-refractivity contribution in [1.29, 1.82) is 0 Å². The van der Waals surface area contributed by atoms with E-state index in [1.54, 1.807) is 0 Å². The van der Waals surface area contributed by atoms with Crippen LogP contribution in [0.3, 0.4) is 0 Å². The molecule has 2 N–H and O–H groups in total. The van der Waals surface area contributed by atoms with Gasteiger partial charge in [0.15, 0.2) is 0 Å². The highest BCUT2D eigenvalue weighted by Gasteiger charge is 2.55. The van der Waals surface area contributed by atoms with Crippen molar-refractivity contribution in [2.45, 2.75) is 63.3 Å². The van der Waals surface area contributed by atoms with Crippen LogP contribution >= 0.6 is 0 Å². The maximum Gasteiger partial charge on any atom is 0.124 e. The number of likely N-dealkylation sites (tertiary alicyclic amines) is 1. The molecule has 2 aliphatic carbocycles. The predicted molar refractivity (Wildman–Crippen MR) is 131 cm³/mol. The first-order valence-electron chi connectivity index (χ1n) is 12.6. The quantitative estimate of drug-likeness (QED) is 0.516. The van der Waals surface area contributed by atoms with Crippen molar-refractivity contribution in [2.75, 3.05) is 20.1 Å². The molecule has 0 amide bonds. The number of rotatable bonds is 8. The molecule has 6 heteroatoms. The van der Waals surface area contributed by atoms with Gasteiger partial charge in [-0.3, -0.25) is 10.1 Å². The lowest BCUT2D eigenvalue weighted by Gasteiger charge is -2.55. The summed E-state index contributed by atoms with van der Waals surface area (Å²) in [4.78, 5) is 6.80. The van der Waals surface area contributed by atoms with E-state index in [2.05, 4.69) is 64.4 Å². The Bertz CT molecular complexity index is 1160. The molecule has 0 bridgehead atoms. The lowest BCUT2D eigenvalue weighted by Crippen LogP contribution is -2.63. The maximum atomic E-state index is 12.4. The number of aromatic nitrogens is 3. The van der Waals surface area contributed by atoms with Gasteiger partial charge < -0.3 is 14.7 Å². The molecule has 0 unspecified atom stereocenters. The minimum absolute atomic E-state index is 0.309. The first-order chi connectivity index (χ1) is 16.4. The minimum Gasteiger partial charge on any atom is -0.380 e. The fourth-order valence-corrected chi connectivity index (χ4v) is 5.76. The smallest absolute Gasteiger partial charge is 0.124 e. The van der Waals surface area contributed by atoms with E-state index in [1.807, 2.05) is 18.5 Å². The van der Waals surface area contributed by atoms with Crippen molar-refractivity contribution in [3.8, 4) is 11.3 Å². The van der Waals surface area contributed by atoms with Gasteiger partial charge in [0, 0.05) is 42.0 Å². The van der Waals surface area contributed by atoms with Gasteiger partial charge >= 0.3 is 0 Å². The van der Waals surface area contributed by atoms with Gasteiger partial charge in [-0.15, -0.1) is 0 Å². The Morgan fingerprint density at radius 1 is 1.09 bits per heavy atom. The van der Waals surface area contributed by atoms with Crippen LogP contribution in [0.5, 0.6) is 0 Å². The van der Waals surface area contributed by atoms with E-state index >= 15 is 0 Å². The highest BCUT2D eigenvalue weighted by Crippen LogP contribution is 2.51. The lowest BCUT2D eigenvalue weighted by atomic mass is 9.62. The van der Waals surface area contributed by atoms with Crippen LogP contribution in [0.25, 0.3) is 11.3 Å². The molecule has 3 aliphatic rings. The summed E-state index contributed by atoms with van der Waals surface area (Å²) in [5.74, 6) is 0.694. The second-order valence-electron chi connectivity index (χ2n) is 10.9. The Hall–Kier alpha value is -2.54. The largest absolute Gasteiger partial charge is 0.380 e. The zero-order valence-corrected chi connectivity index (χ0v) is 20.1. The Morgan fingerprint density at radius 2 is 1.85 bits per heavy atom. The fraction of sp³-hybridized carbons (Fsp3) is 0.500. The Labute approximate surface area is 201 Å². The third-order valence-corrected chi connectivity index (χ3v) is 8.10. The molecular weight excluding hydrogens is 424 g/mol. The average Bonchev–Trinajstić information content (AvgIpc) is 3.55. The second kappa shape index (κ2) is 8.29. The van der Waals surface area contributed by atoms with Crippen LogP contribution in [0.1, 0.15) is 67.3 Å². The number of aliphatic hydroxyl groups is 1. The molecule has 3 fully saturated rings. The molecule has 6 rings (SSSR count). The van der Waals surface area contributed by atoms with E-state index in [1.165, 1.54) is 24.8 Å². The van der Waals surface area contributed by atoms with Gasteiger partial charge in [-0.05, 0) is 68.3 Å². The van der Waals surface area contributed by atoms with Gasteiger partial charge in [0.25, 0.3) is 0 Å². The number of aromatic amines is 1. The van der Waals surface area contributed by atoms with E-state index < -0.39 is 5.60 Å². The number of nitrogens with one attached hydrogen (secondary N) is 1. The van der Waals surface area contributed by atoms with Crippen molar-refractivity contribution >= 4 is 0 Å². The minimum atomic E-state index is -1.14. The molecule has 1 atom stereocenters. The van der Waals surface area contributed by atoms with Gasteiger partial charge in [0.1, 0.15) is 5.60 Å². The molecule has 34 heavy (non-hydrogen) atoms. The monoisotopic (exact) mass is 458 g/mol. The zero-order valence-electron chi connectivity index (χ0n) is 20.1. The van der Waals surface area contributed by atoms with Crippen LogP contribution < -0.4 is 0 Å². The van der Waals surface area contributed by atoms with Crippen molar-refractivity contribution in [1.82, 2.24) is 20.1 Å². The molecule has 3 aromatic rings. The van der Waals surface area contributed by atoms with Gasteiger partial charge in [-0.1, -0.05) is 31.2 Å². The zero-order chi connectivity index (χ0) is 23.3. The summed E-state index contributed by atoms with van der Waals surface area (Å²) in [6, 6.07) is 12.7. The van der Waals surface area contributed by atoms with Gasteiger partial charge in [0.2, 0.25) is 0 Å². The predicted octanol–water partition coefficient (Wildman–Crippen LogP) is 4.61. The standard InChI is InChI=1S/C28H34N4O2/c1-27(17-32(2)18-27)28(33,22-10-8-20(9-11-22)19-6-7-19)23-12-21(14-29-15-23)26-13-24(30-31-26)16-34-25-4-3-5-25/h8-15,19,25,33H,3-7,16-18H2,1-2H3,(H,30,31)/t28-/m0/s1. The van der Waals surface area contributed by atoms with E-state index in [4.69, 9.17) is 4.74 Å². The van der Waals surface area contributed by atoms with Crippen LogP contribution in [0.4, 0.5) is 0 Å². The van der Waals surface area contributed by atoms with E-state index in [0.717, 1.165) is 54.0 Å². The third-order valence-electron chi connectivity index (χ3n) is 8.10. The molecule has 1 aliphatic heterocycles. The number of H-pyrrole nitrogens is 1. The summed E-state index contributed by atoms with van der Waals surface area (Å²) in [5, 5.41) is 20.1. The summed E-state index contributed by atoms with van der Waals surface area (Å²) in [6.45, 7) is 4.37. The van der Waals surface area contributed by atoms with Crippen LogP contribution in [-0.2, 0) is 16.9 Å². The second-order valence-corrected chi connectivity index (χ2v) is 10.9. The summed E-state index contributed by atoms with van der Waals surface area (Å²) in [7, 11) is 2.10. The third kappa shape index (κ3) is 3.78. The van der Waals surface area contributed by atoms with Crippen molar-refractivity contribution in [2.24, 2.45) is 5.41 Å². The number of ether oxygens (including phenoxy) is 1. The molecule has 2 aromatic heterocycles. The van der Waals surface area contributed by atoms with Crippen molar-refractivity contribution in [3.63, 3.8) is 0 Å².